The molecule has 1 aliphatic carbocycles. The average Bonchev–Trinajstić information content (AvgIpc) is 3.04. The van der Waals surface area contributed by atoms with Gasteiger partial charge in [0.05, 0.1) is 5.69 Å². The quantitative estimate of drug-likeness (QED) is 0.317. The van der Waals surface area contributed by atoms with E-state index in [2.05, 4.69) is 4.98 Å². The number of halogens is 3. The molecule has 1 saturated heterocycles. The van der Waals surface area contributed by atoms with E-state index in [1.807, 2.05) is 42.5 Å². The zero-order valence-corrected chi connectivity index (χ0v) is 22.1. The van der Waals surface area contributed by atoms with E-state index >= 15 is 0 Å². The molecule has 1 aromatic heterocycles. The lowest BCUT2D eigenvalue weighted by atomic mass is 9.79. The number of pyridine rings is 1. The maximum Gasteiger partial charge on any atom is 0.421 e. The summed E-state index contributed by atoms with van der Waals surface area (Å²) in [6.45, 7) is 3.62. The second-order valence-electron chi connectivity index (χ2n) is 10.1. The van der Waals surface area contributed by atoms with Crippen LogP contribution in [0.3, 0.4) is 0 Å². The van der Waals surface area contributed by atoms with Gasteiger partial charge < -0.3 is 9.64 Å². The predicted molar refractivity (Wildman–Crippen MR) is 144 cm³/mol. The number of ether oxygens (including phenoxy) is 1. The summed E-state index contributed by atoms with van der Waals surface area (Å²) in [5, 5.41) is 9.19. The Labute approximate surface area is 229 Å². The minimum Gasteiger partial charge on any atom is -0.489 e. The SMILES string of the molecule is CC1(C)C(=O)N(c2ccnc(C#N)c2C(F)(F)F)C(=S)N1c1ccc(OCc2ccccc2)c(C2CCC2)c1. The molecule has 0 bridgehead atoms. The molecule has 1 aliphatic heterocycles. The van der Waals surface area contributed by atoms with Gasteiger partial charge in [-0.05, 0) is 80.2 Å². The van der Waals surface area contributed by atoms with Gasteiger partial charge in [-0.2, -0.15) is 18.4 Å². The summed E-state index contributed by atoms with van der Waals surface area (Å²) in [6.07, 6.45) is -0.768. The Kier molecular flexibility index (Phi) is 6.81. The summed E-state index contributed by atoms with van der Waals surface area (Å²) in [5.41, 5.74) is -1.33. The van der Waals surface area contributed by atoms with Gasteiger partial charge in [0, 0.05) is 11.9 Å². The van der Waals surface area contributed by atoms with Crippen LogP contribution in [0.5, 0.6) is 5.75 Å². The number of carbonyl (C=O) groups excluding carboxylic acids is 1. The van der Waals surface area contributed by atoms with E-state index in [1.54, 1.807) is 24.8 Å². The third kappa shape index (κ3) is 4.72. The molecule has 1 saturated carbocycles. The number of nitriles is 1. The molecule has 6 nitrogen and oxygen atoms in total. The minimum absolute atomic E-state index is 0.108. The summed E-state index contributed by atoms with van der Waals surface area (Å²) in [6, 6.07) is 17.9. The highest BCUT2D eigenvalue weighted by Crippen LogP contribution is 2.46. The molecule has 2 heterocycles. The number of anilines is 2. The molecular formula is C29H25F3N4O2S. The first-order valence-electron chi connectivity index (χ1n) is 12.5. The third-order valence-electron chi connectivity index (χ3n) is 7.26. The lowest BCUT2D eigenvalue weighted by Gasteiger charge is -2.32. The van der Waals surface area contributed by atoms with Crippen LogP contribution in [0.1, 0.15) is 61.4 Å². The van der Waals surface area contributed by atoms with Crippen molar-refractivity contribution in [3.05, 3.63) is 83.2 Å². The number of thiocarbonyl (C=S) groups is 1. The molecule has 0 N–H and O–H groups in total. The van der Waals surface area contributed by atoms with Gasteiger partial charge in [0.2, 0.25) is 0 Å². The molecule has 5 rings (SSSR count). The van der Waals surface area contributed by atoms with E-state index in [1.165, 1.54) is 6.07 Å². The van der Waals surface area contributed by atoms with Crippen LogP contribution in [0.15, 0.2) is 60.8 Å². The monoisotopic (exact) mass is 550 g/mol. The highest BCUT2D eigenvalue weighted by atomic mass is 32.1. The number of hydrogen-bond acceptors (Lipinski definition) is 5. The second-order valence-corrected chi connectivity index (χ2v) is 10.5. The van der Waals surface area contributed by atoms with E-state index in [4.69, 9.17) is 17.0 Å². The van der Waals surface area contributed by atoms with Gasteiger partial charge in [-0.1, -0.05) is 36.8 Å². The Hall–Kier alpha value is -3.97. The number of aromatic nitrogens is 1. The highest BCUT2D eigenvalue weighted by molar-refractivity contribution is 7.81. The number of rotatable bonds is 6. The Bertz CT molecular complexity index is 1480. The summed E-state index contributed by atoms with van der Waals surface area (Å²) in [7, 11) is 0. The molecule has 2 aromatic carbocycles. The molecule has 0 unspecified atom stereocenters. The Morgan fingerprint density at radius 1 is 1.15 bits per heavy atom. The van der Waals surface area contributed by atoms with E-state index in [0.29, 0.717) is 12.3 Å². The van der Waals surface area contributed by atoms with E-state index in [0.717, 1.165) is 53.3 Å². The van der Waals surface area contributed by atoms with Gasteiger partial charge in [0.25, 0.3) is 5.91 Å². The normalized spacial score (nSPS) is 17.2. The molecule has 10 heteroatoms. The fraction of sp³-hybridized carbons (Fsp3) is 0.310. The fourth-order valence-corrected chi connectivity index (χ4v) is 5.54. The maximum atomic E-state index is 14.0. The molecule has 39 heavy (non-hydrogen) atoms. The third-order valence-corrected chi connectivity index (χ3v) is 7.63. The number of alkyl halides is 3. The standard InChI is InChI=1S/C29H25F3N4O2S/c1-28(2)26(37)35(23-13-14-34-22(16-33)25(23)29(30,31)32)27(39)36(28)20-11-12-24(21(15-20)19-9-6-10-19)38-17-18-7-4-3-5-8-18/h3-5,7-8,11-15,19H,6,9-10,17H2,1-2H3. The number of nitrogens with zero attached hydrogens (tertiary/aromatic N) is 4. The first kappa shape index (κ1) is 26.6. The van der Waals surface area contributed by atoms with Crippen LogP contribution < -0.4 is 14.5 Å². The molecule has 3 aromatic rings. The molecular weight excluding hydrogens is 525 g/mol. The number of amides is 1. The molecule has 2 fully saturated rings. The second kappa shape index (κ2) is 9.97. The van der Waals surface area contributed by atoms with Crippen molar-refractivity contribution in [1.29, 1.82) is 5.26 Å². The van der Waals surface area contributed by atoms with Crippen LogP contribution >= 0.6 is 12.2 Å². The predicted octanol–water partition coefficient (Wildman–Crippen LogP) is 6.74. The van der Waals surface area contributed by atoms with Gasteiger partial charge in [-0.3, -0.25) is 9.69 Å². The Morgan fingerprint density at radius 3 is 2.49 bits per heavy atom. The number of benzene rings is 2. The van der Waals surface area contributed by atoms with Crippen molar-refractivity contribution in [1.82, 2.24) is 4.98 Å². The average molecular weight is 551 g/mol. The van der Waals surface area contributed by atoms with Crippen LogP contribution in [0.25, 0.3) is 0 Å². The number of hydrogen-bond donors (Lipinski definition) is 0. The molecule has 1 amide bonds. The molecule has 200 valence electrons. The van der Waals surface area contributed by atoms with Gasteiger partial charge in [-0.15, -0.1) is 0 Å². The maximum absolute atomic E-state index is 14.0. The minimum atomic E-state index is -4.92. The van der Waals surface area contributed by atoms with Gasteiger partial charge in [0.15, 0.2) is 10.8 Å². The van der Waals surface area contributed by atoms with Crippen molar-refractivity contribution in [3.63, 3.8) is 0 Å². The first-order valence-corrected chi connectivity index (χ1v) is 12.9. The van der Waals surface area contributed by atoms with Crippen LogP contribution in [0.4, 0.5) is 24.5 Å². The molecule has 0 spiro atoms. The Balaban J connectivity index is 1.54. The summed E-state index contributed by atoms with van der Waals surface area (Å²) >= 11 is 5.64. The molecule has 0 atom stereocenters. The van der Waals surface area contributed by atoms with Crippen LogP contribution in [-0.2, 0) is 17.6 Å². The van der Waals surface area contributed by atoms with Crippen LogP contribution in [0, 0.1) is 11.3 Å². The lowest BCUT2D eigenvalue weighted by molar-refractivity contribution is -0.137. The molecule has 0 radical (unpaired) electrons. The Morgan fingerprint density at radius 2 is 1.87 bits per heavy atom. The van der Waals surface area contributed by atoms with Crippen molar-refractivity contribution in [2.75, 3.05) is 9.80 Å². The summed E-state index contributed by atoms with van der Waals surface area (Å²) in [4.78, 5) is 19.6. The van der Waals surface area contributed by atoms with Crippen molar-refractivity contribution in [3.8, 4) is 11.8 Å². The van der Waals surface area contributed by atoms with E-state index in [9.17, 15) is 23.2 Å². The van der Waals surface area contributed by atoms with Gasteiger partial charge >= 0.3 is 6.18 Å². The smallest absolute Gasteiger partial charge is 0.421 e. The first-order chi connectivity index (χ1) is 18.5. The summed E-state index contributed by atoms with van der Waals surface area (Å²) < 4.78 is 48.3. The zero-order valence-electron chi connectivity index (χ0n) is 21.3. The highest BCUT2D eigenvalue weighted by Gasteiger charge is 2.53. The van der Waals surface area contributed by atoms with Crippen LogP contribution in [-0.4, -0.2) is 21.5 Å². The van der Waals surface area contributed by atoms with E-state index < -0.39 is 34.6 Å². The van der Waals surface area contributed by atoms with Gasteiger partial charge in [-0.25, -0.2) is 4.98 Å². The topological polar surface area (TPSA) is 69.5 Å². The fourth-order valence-electron chi connectivity index (χ4n) is 5.02. The summed E-state index contributed by atoms with van der Waals surface area (Å²) in [5.74, 6) is 0.366. The van der Waals surface area contributed by atoms with Gasteiger partial charge in [0.1, 0.15) is 29.5 Å². The lowest BCUT2D eigenvalue weighted by Crippen LogP contribution is -2.44. The van der Waals surface area contributed by atoms with Crippen LogP contribution in [0.2, 0.25) is 0 Å². The number of carbonyl (C=O) groups is 1. The zero-order chi connectivity index (χ0) is 27.9. The molecule has 2 aliphatic rings. The van der Waals surface area contributed by atoms with Crippen molar-refractivity contribution in [2.45, 2.75) is 57.3 Å². The van der Waals surface area contributed by atoms with E-state index in [-0.39, 0.29) is 11.0 Å². The van der Waals surface area contributed by atoms with Crippen molar-refractivity contribution < 1.29 is 22.7 Å². The van der Waals surface area contributed by atoms with Crippen molar-refractivity contribution >= 4 is 34.6 Å². The van der Waals surface area contributed by atoms with Crippen molar-refractivity contribution in [2.24, 2.45) is 0 Å². The largest absolute Gasteiger partial charge is 0.489 e.